The lowest BCUT2D eigenvalue weighted by atomic mass is 9.69. The van der Waals surface area contributed by atoms with Crippen molar-refractivity contribution in [3.63, 3.8) is 0 Å². The van der Waals surface area contributed by atoms with E-state index in [0.29, 0.717) is 17.3 Å². The van der Waals surface area contributed by atoms with Gasteiger partial charge in [0.15, 0.2) is 0 Å². The highest BCUT2D eigenvalue weighted by atomic mass is 32.1. The number of rotatable bonds is 2. The second kappa shape index (κ2) is 4.44. The summed E-state index contributed by atoms with van der Waals surface area (Å²) in [5.74, 6) is 1.86. The average molecular weight is 276 g/mol. The predicted octanol–water partition coefficient (Wildman–Crippen LogP) is 3.54. The summed E-state index contributed by atoms with van der Waals surface area (Å²) in [6.45, 7) is 7.05. The Labute approximate surface area is 118 Å². The molecule has 0 aromatic carbocycles. The SMILES string of the molecule is C[C@@H]1[C@@H]2C[C@H](C/C2=N\NC(=O)c2cccs2)C1(C)C. The zero-order chi connectivity index (χ0) is 13.6. The van der Waals surface area contributed by atoms with Crippen molar-refractivity contribution in [2.24, 2.45) is 28.3 Å². The first kappa shape index (κ1) is 12.9. The number of fused-ring (bicyclic) bond motifs is 2. The number of thiophene rings is 1. The van der Waals surface area contributed by atoms with Crippen LogP contribution in [0.3, 0.4) is 0 Å². The van der Waals surface area contributed by atoms with Crippen LogP contribution in [0.1, 0.15) is 43.3 Å². The molecule has 2 saturated carbocycles. The molecule has 1 aromatic rings. The molecule has 1 heterocycles. The van der Waals surface area contributed by atoms with Crippen molar-refractivity contribution < 1.29 is 4.79 Å². The van der Waals surface area contributed by atoms with E-state index in [2.05, 4.69) is 31.3 Å². The molecular weight excluding hydrogens is 256 g/mol. The van der Waals surface area contributed by atoms with Gasteiger partial charge in [-0.3, -0.25) is 4.79 Å². The summed E-state index contributed by atoms with van der Waals surface area (Å²) >= 11 is 1.45. The molecule has 19 heavy (non-hydrogen) atoms. The molecule has 4 heteroatoms. The first-order chi connectivity index (χ1) is 9.00. The first-order valence-corrected chi connectivity index (χ1v) is 7.78. The smallest absolute Gasteiger partial charge is 0.266 e. The normalized spacial score (nSPS) is 33.8. The van der Waals surface area contributed by atoms with Gasteiger partial charge in [-0.1, -0.05) is 26.8 Å². The zero-order valence-electron chi connectivity index (χ0n) is 11.6. The molecule has 0 saturated heterocycles. The topological polar surface area (TPSA) is 41.5 Å². The highest BCUT2D eigenvalue weighted by Crippen LogP contribution is 2.57. The maximum absolute atomic E-state index is 11.9. The number of hydrazone groups is 1. The molecule has 0 unspecified atom stereocenters. The van der Waals surface area contributed by atoms with Gasteiger partial charge in [-0.2, -0.15) is 5.10 Å². The average Bonchev–Trinajstić information content (AvgIpc) is 3.06. The van der Waals surface area contributed by atoms with Crippen molar-refractivity contribution in [1.29, 1.82) is 0 Å². The Morgan fingerprint density at radius 3 is 2.89 bits per heavy atom. The van der Waals surface area contributed by atoms with Gasteiger partial charge in [0.2, 0.25) is 0 Å². The molecule has 102 valence electrons. The minimum atomic E-state index is -0.0859. The molecule has 1 N–H and O–H groups in total. The number of nitrogens with zero attached hydrogens (tertiary/aromatic N) is 1. The summed E-state index contributed by atoms with van der Waals surface area (Å²) in [5, 5.41) is 6.31. The molecule has 0 aliphatic heterocycles. The Morgan fingerprint density at radius 2 is 2.32 bits per heavy atom. The van der Waals surface area contributed by atoms with Crippen LogP contribution in [-0.2, 0) is 0 Å². The molecule has 3 nitrogen and oxygen atoms in total. The van der Waals surface area contributed by atoms with E-state index in [-0.39, 0.29) is 5.91 Å². The third kappa shape index (κ3) is 2.02. The van der Waals surface area contributed by atoms with Crippen molar-refractivity contribution in [2.45, 2.75) is 33.6 Å². The Hall–Kier alpha value is -1.16. The Kier molecular flexibility index (Phi) is 3.01. The summed E-state index contributed by atoms with van der Waals surface area (Å²) in [5.41, 5.74) is 4.33. The van der Waals surface area contributed by atoms with Crippen molar-refractivity contribution in [1.82, 2.24) is 5.43 Å². The molecule has 2 fully saturated rings. The molecule has 3 rings (SSSR count). The standard InChI is InChI=1S/C15H20N2OS/c1-9-11-7-10(15(9,2)3)8-12(11)16-17-14(18)13-5-4-6-19-13/h4-6,9-11H,7-8H2,1-3H3,(H,17,18)/b16-12+/t9-,10-,11+/m1/s1. The fourth-order valence-electron chi connectivity index (χ4n) is 3.59. The molecule has 3 atom stereocenters. The molecule has 2 bridgehead atoms. The van der Waals surface area contributed by atoms with Crippen molar-refractivity contribution in [2.75, 3.05) is 0 Å². The third-order valence-electron chi connectivity index (χ3n) is 5.30. The molecular formula is C15H20N2OS. The van der Waals surface area contributed by atoms with E-state index in [1.807, 2.05) is 17.5 Å². The van der Waals surface area contributed by atoms with Gasteiger partial charge in [0.05, 0.1) is 4.88 Å². The molecule has 1 aromatic heterocycles. The molecule has 2 aliphatic rings. The van der Waals surface area contributed by atoms with Crippen LogP contribution < -0.4 is 5.43 Å². The Balaban J connectivity index is 1.69. The van der Waals surface area contributed by atoms with Crippen LogP contribution in [-0.4, -0.2) is 11.6 Å². The molecule has 1 amide bonds. The van der Waals surface area contributed by atoms with Gasteiger partial charge >= 0.3 is 0 Å². The fourth-order valence-corrected chi connectivity index (χ4v) is 4.21. The van der Waals surface area contributed by atoms with Crippen LogP contribution in [0.5, 0.6) is 0 Å². The number of hydrogen-bond donors (Lipinski definition) is 1. The second-order valence-corrected chi connectivity index (χ2v) is 7.32. The van der Waals surface area contributed by atoms with E-state index < -0.39 is 0 Å². The lowest BCUT2D eigenvalue weighted by Gasteiger charge is -2.36. The van der Waals surface area contributed by atoms with Crippen LogP contribution in [0, 0.1) is 23.2 Å². The number of carbonyl (C=O) groups excluding carboxylic acids is 1. The summed E-state index contributed by atoms with van der Waals surface area (Å²) in [7, 11) is 0. The van der Waals surface area contributed by atoms with Gasteiger partial charge in [0.25, 0.3) is 5.91 Å². The number of nitrogens with one attached hydrogen (secondary N) is 1. The van der Waals surface area contributed by atoms with E-state index in [9.17, 15) is 4.79 Å². The second-order valence-electron chi connectivity index (χ2n) is 6.37. The third-order valence-corrected chi connectivity index (χ3v) is 6.17. The van der Waals surface area contributed by atoms with Gasteiger partial charge < -0.3 is 0 Å². The lowest BCUT2D eigenvalue weighted by molar-refractivity contribution is 0.0958. The van der Waals surface area contributed by atoms with E-state index in [0.717, 1.165) is 17.2 Å². The monoisotopic (exact) mass is 276 g/mol. The summed E-state index contributed by atoms with van der Waals surface area (Å²) in [4.78, 5) is 12.6. The summed E-state index contributed by atoms with van der Waals surface area (Å²) in [6.07, 6.45) is 2.29. The maximum Gasteiger partial charge on any atom is 0.281 e. The maximum atomic E-state index is 11.9. The minimum absolute atomic E-state index is 0.0859. The fraction of sp³-hybridized carbons (Fsp3) is 0.600. The van der Waals surface area contributed by atoms with Gasteiger partial charge in [-0.15, -0.1) is 11.3 Å². The van der Waals surface area contributed by atoms with Crippen molar-refractivity contribution in [3.05, 3.63) is 22.4 Å². The van der Waals surface area contributed by atoms with E-state index in [1.165, 1.54) is 23.5 Å². The van der Waals surface area contributed by atoms with E-state index in [1.54, 1.807) is 0 Å². The summed E-state index contributed by atoms with van der Waals surface area (Å²) in [6, 6.07) is 3.71. The van der Waals surface area contributed by atoms with Crippen LogP contribution >= 0.6 is 11.3 Å². The lowest BCUT2D eigenvalue weighted by Crippen LogP contribution is -2.34. The predicted molar refractivity (Wildman–Crippen MR) is 78.4 cm³/mol. The van der Waals surface area contributed by atoms with Crippen molar-refractivity contribution in [3.8, 4) is 0 Å². The highest BCUT2D eigenvalue weighted by molar-refractivity contribution is 7.12. The number of carbonyl (C=O) groups is 1. The minimum Gasteiger partial charge on any atom is -0.266 e. The first-order valence-electron chi connectivity index (χ1n) is 6.90. The van der Waals surface area contributed by atoms with Gasteiger partial charge in [-0.25, -0.2) is 5.43 Å². The van der Waals surface area contributed by atoms with Crippen LogP contribution in [0.15, 0.2) is 22.6 Å². The van der Waals surface area contributed by atoms with Gasteiger partial charge in [-0.05, 0) is 41.5 Å². The zero-order valence-corrected chi connectivity index (χ0v) is 12.5. The van der Waals surface area contributed by atoms with E-state index in [4.69, 9.17) is 0 Å². The van der Waals surface area contributed by atoms with Crippen LogP contribution in [0.2, 0.25) is 0 Å². The largest absolute Gasteiger partial charge is 0.281 e. The summed E-state index contributed by atoms with van der Waals surface area (Å²) < 4.78 is 0. The van der Waals surface area contributed by atoms with Crippen LogP contribution in [0.25, 0.3) is 0 Å². The van der Waals surface area contributed by atoms with Gasteiger partial charge in [0, 0.05) is 11.6 Å². The van der Waals surface area contributed by atoms with E-state index >= 15 is 0 Å². The number of amides is 1. The van der Waals surface area contributed by atoms with Crippen molar-refractivity contribution >= 4 is 23.0 Å². The Bertz CT molecular complexity index is 514. The molecule has 0 radical (unpaired) electrons. The highest BCUT2D eigenvalue weighted by Gasteiger charge is 2.53. The quantitative estimate of drug-likeness (QED) is 0.825. The molecule has 2 aliphatic carbocycles. The van der Waals surface area contributed by atoms with Gasteiger partial charge in [0.1, 0.15) is 0 Å². The van der Waals surface area contributed by atoms with Crippen LogP contribution in [0.4, 0.5) is 0 Å². The Morgan fingerprint density at radius 1 is 1.53 bits per heavy atom. The molecule has 0 spiro atoms. The number of hydrogen-bond acceptors (Lipinski definition) is 3.